The number of hydrogen-bond donors (Lipinski definition) is 1. The minimum absolute atomic E-state index is 0.228. The molecule has 1 amide bonds. The molecule has 28 heavy (non-hydrogen) atoms. The predicted molar refractivity (Wildman–Crippen MR) is 112 cm³/mol. The van der Waals surface area contributed by atoms with Crippen LogP contribution in [0.15, 0.2) is 54.7 Å². The summed E-state index contributed by atoms with van der Waals surface area (Å²) in [5.74, 6) is -0.238. The zero-order valence-corrected chi connectivity index (χ0v) is 17.1. The van der Waals surface area contributed by atoms with Gasteiger partial charge in [-0.25, -0.2) is 4.39 Å². The fourth-order valence-electron chi connectivity index (χ4n) is 3.72. The molecule has 0 bridgehead atoms. The van der Waals surface area contributed by atoms with Crippen LogP contribution in [0.3, 0.4) is 0 Å². The molecule has 0 saturated heterocycles. The maximum Gasteiger partial charge on any atom is 0.253 e. The summed E-state index contributed by atoms with van der Waals surface area (Å²) < 4.78 is 13.8. The number of amides is 1. The number of nitrogens with zero attached hydrogens (tertiary/aromatic N) is 1. The largest absolute Gasteiger partial charge is 0.346 e. The van der Waals surface area contributed by atoms with E-state index in [1.165, 1.54) is 12.3 Å². The van der Waals surface area contributed by atoms with Crippen molar-refractivity contribution >= 4 is 28.4 Å². The van der Waals surface area contributed by atoms with E-state index >= 15 is 0 Å². The average Bonchev–Trinajstić information content (AvgIpc) is 2.62. The standard InChI is InChI=1S/C23H24ClFN2O/c1-15(2)12-23(3,13-17-7-4-5-9-19(17)24)27-22(28)18-11-16-8-6-10-20(25)21(16)26-14-18/h4-11,14-15H,12-13H2,1-3H3,(H,27,28)/t23-/m0/s1. The maximum absolute atomic E-state index is 13.8. The smallest absolute Gasteiger partial charge is 0.253 e. The second-order valence-corrected chi connectivity index (χ2v) is 8.32. The number of benzene rings is 2. The van der Waals surface area contributed by atoms with Crippen molar-refractivity contribution < 1.29 is 9.18 Å². The van der Waals surface area contributed by atoms with Gasteiger partial charge in [0.1, 0.15) is 11.3 Å². The van der Waals surface area contributed by atoms with E-state index in [9.17, 15) is 9.18 Å². The molecule has 1 N–H and O–H groups in total. The highest BCUT2D eigenvalue weighted by molar-refractivity contribution is 6.31. The van der Waals surface area contributed by atoms with Crippen LogP contribution in [-0.2, 0) is 6.42 Å². The number of carbonyl (C=O) groups excluding carboxylic acids is 1. The number of hydrogen-bond acceptors (Lipinski definition) is 2. The number of rotatable bonds is 6. The molecule has 0 saturated carbocycles. The number of fused-ring (bicyclic) bond motifs is 1. The van der Waals surface area contributed by atoms with Gasteiger partial charge in [-0.2, -0.15) is 0 Å². The lowest BCUT2D eigenvalue weighted by molar-refractivity contribution is 0.0894. The van der Waals surface area contributed by atoms with Gasteiger partial charge in [-0.15, -0.1) is 0 Å². The molecule has 0 aliphatic heterocycles. The van der Waals surface area contributed by atoms with E-state index in [0.29, 0.717) is 28.3 Å². The summed E-state index contributed by atoms with van der Waals surface area (Å²) in [5, 5.41) is 4.46. The average molecular weight is 399 g/mol. The van der Waals surface area contributed by atoms with E-state index < -0.39 is 11.4 Å². The van der Waals surface area contributed by atoms with Crippen LogP contribution in [0.25, 0.3) is 10.9 Å². The molecule has 0 unspecified atom stereocenters. The summed E-state index contributed by atoms with van der Waals surface area (Å²) >= 11 is 6.34. The SMILES string of the molecule is CC(C)C[C@@](C)(Cc1ccccc1Cl)NC(=O)c1cnc2c(F)cccc2c1. The molecule has 5 heteroatoms. The lowest BCUT2D eigenvalue weighted by Crippen LogP contribution is -2.48. The van der Waals surface area contributed by atoms with Crippen molar-refractivity contribution in [1.29, 1.82) is 0 Å². The molecule has 0 aliphatic carbocycles. The fraction of sp³-hybridized carbons (Fsp3) is 0.304. The van der Waals surface area contributed by atoms with Gasteiger partial charge in [0.05, 0.1) is 5.56 Å². The predicted octanol–water partition coefficient (Wildman–Crippen LogP) is 5.80. The summed E-state index contributed by atoms with van der Waals surface area (Å²) in [6.45, 7) is 6.27. The van der Waals surface area contributed by atoms with Crippen molar-refractivity contribution in [3.8, 4) is 0 Å². The highest BCUT2D eigenvalue weighted by Crippen LogP contribution is 2.26. The van der Waals surface area contributed by atoms with Gasteiger partial charge in [-0.05, 0) is 49.4 Å². The summed E-state index contributed by atoms with van der Waals surface area (Å²) in [7, 11) is 0. The molecular weight excluding hydrogens is 375 g/mol. The molecule has 2 aromatic carbocycles. The number of nitrogens with one attached hydrogen (secondary N) is 1. The second-order valence-electron chi connectivity index (χ2n) is 7.92. The molecule has 0 aliphatic rings. The Bertz CT molecular complexity index is 1000. The zero-order chi connectivity index (χ0) is 20.3. The molecule has 1 heterocycles. The Morgan fingerprint density at radius 3 is 2.68 bits per heavy atom. The third-order valence-electron chi connectivity index (χ3n) is 4.74. The minimum Gasteiger partial charge on any atom is -0.346 e. The Hall–Kier alpha value is -2.46. The number of pyridine rings is 1. The van der Waals surface area contributed by atoms with E-state index in [0.717, 1.165) is 12.0 Å². The number of halogens is 2. The molecular formula is C23H24ClFN2O. The lowest BCUT2D eigenvalue weighted by atomic mass is 9.84. The van der Waals surface area contributed by atoms with Gasteiger partial charge in [-0.1, -0.05) is 55.8 Å². The van der Waals surface area contributed by atoms with E-state index in [2.05, 4.69) is 24.1 Å². The molecule has 0 spiro atoms. The van der Waals surface area contributed by atoms with Crippen molar-refractivity contribution in [1.82, 2.24) is 10.3 Å². The molecule has 0 radical (unpaired) electrons. The zero-order valence-electron chi connectivity index (χ0n) is 16.3. The van der Waals surface area contributed by atoms with Crippen LogP contribution < -0.4 is 5.32 Å². The van der Waals surface area contributed by atoms with Gasteiger partial charge < -0.3 is 5.32 Å². The summed E-state index contributed by atoms with van der Waals surface area (Å²) in [6, 6.07) is 14.1. The van der Waals surface area contributed by atoms with Crippen LogP contribution in [0, 0.1) is 11.7 Å². The van der Waals surface area contributed by atoms with E-state index in [-0.39, 0.29) is 11.4 Å². The van der Waals surface area contributed by atoms with Crippen LogP contribution in [0.2, 0.25) is 5.02 Å². The van der Waals surface area contributed by atoms with E-state index in [1.54, 1.807) is 18.2 Å². The topological polar surface area (TPSA) is 42.0 Å². The van der Waals surface area contributed by atoms with Crippen molar-refractivity contribution in [3.63, 3.8) is 0 Å². The molecule has 0 fully saturated rings. The van der Waals surface area contributed by atoms with E-state index in [4.69, 9.17) is 11.6 Å². The normalized spacial score (nSPS) is 13.5. The third kappa shape index (κ3) is 4.68. The molecule has 3 rings (SSSR count). The number of aromatic nitrogens is 1. The van der Waals surface area contributed by atoms with E-state index in [1.807, 2.05) is 31.2 Å². The minimum atomic E-state index is -0.479. The second kappa shape index (κ2) is 8.27. The molecule has 3 aromatic rings. The maximum atomic E-state index is 13.8. The van der Waals surface area contributed by atoms with Crippen LogP contribution >= 0.6 is 11.6 Å². The summed E-state index contributed by atoms with van der Waals surface area (Å²) in [6.07, 6.45) is 2.83. The van der Waals surface area contributed by atoms with Crippen LogP contribution in [-0.4, -0.2) is 16.4 Å². The quantitative estimate of drug-likeness (QED) is 0.569. The van der Waals surface area contributed by atoms with Crippen molar-refractivity contribution in [3.05, 3.63) is 76.7 Å². The Balaban J connectivity index is 1.88. The van der Waals surface area contributed by atoms with Gasteiger partial charge in [0.2, 0.25) is 0 Å². The van der Waals surface area contributed by atoms with Gasteiger partial charge in [0, 0.05) is 22.1 Å². The van der Waals surface area contributed by atoms with Crippen LogP contribution in [0.1, 0.15) is 43.1 Å². The van der Waals surface area contributed by atoms with Gasteiger partial charge in [0.25, 0.3) is 5.91 Å². The summed E-state index contributed by atoms with van der Waals surface area (Å²) in [4.78, 5) is 17.1. The highest BCUT2D eigenvalue weighted by Gasteiger charge is 2.29. The number of carbonyl (C=O) groups is 1. The first-order valence-corrected chi connectivity index (χ1v) is 9.75. The highest BCUT2D eigenvalue weighted by atomic mass is 35.5. The Morgan fingerprint density at radius 2 is 1.96 bits per heavy atom. The molecule has 3 nitrogen and oxygen atoms in total. The van der Waals surface area contributed by atoms with Crippen LogP contribution in [0.4, 0.5) is 4.39 Å². The molecule has 1 aromatic heterocycles. The molecule has 1 atom stereocenters. The number of para-hydroxylation sites is 1. The molecule has 146 valence electrons. The third-order valence-corrected chi connectivity index (χ3v) is 5.11. The Kier molecular flexibility index (Phi) is 5.99. The Labute approximate surface area is 169 Å². The summed E-state index contributed by atoms with van der Waals surface area (Å²) in [5.41, 5.74) is 1.19. The lowest BCUT2D eigenvalue weighted by Gasteiger charge is -2.33. The first kappa shape index (κ1) is 20.3. The van der Waals surface area contributed by atoms with Crippen molar-refractivity contribution in [2.45, 2.75) is 39.2 Å². The Morgan fingerprint density at radius 1 is 1.21 bits per heavy atom. The van der Waals surface area contributed by atoms with Crippen molar-refractivity contribution in [2.24, 2.45) is 5.92 Å². The van der Waals surface area contributed by atoms with Crippen molar-refractivity contribution in [2.75, 3.05) is 0 Å². The first-order chi connectivity index (χ1) is 13.3. The van der Waals surface area contributed by atoms with Gasteiger partial charge >= 0.3 is 0 Å². The fourth-order valence-corrected chi connectivity index (χ4v) is 3.93. The van der Waals surface area contributed by atoms with Gasteiger partial charge in [-0.3, -0.25) is 9.78 Å². The van der Waals surface area contributed by atoms with Gasteiger partial charge in [0.15, 0.2) is 0 Å². The monoisotopic (exact) mass is 398 g/mol. The van der Waals surface area contributed by atoms with Crippen LogP contribution in [0.5, 0.6) is 0 Å². The first-order valence-electron chi connectivity index (χ1n) is 9.37.